The minimum atomic E-state index is -0.580. The molecular weight excluding hydrogens is 268 g/mol. The molecular formula is C17H20O2S. The van der Waals surface area contributed by atoms with Gasteiger partial charge < -0.3 is 9.84 Å². The molecule has 0 fully saturated rings. The number of aliphatic hydroxyl groups is 1. The molecule has 1 atom stereocenters. The second-order valence-corrected chi connectivity index (χ2v) is 6.47. The molecule has 1 unspecified atom stereocenters. The highest BCUT2D eigenvalue weighted by Crippen LogP contribution is 2.37. The van der Waals surface area contributed by atoms with Gasteiger partial charge in [-0.05, 0) is 43.4 Å². The number of rotatable bonds is 3. The van der Waals surface area contributed by atoms with Gasteiger partial charge in [0.05, 0.1) is 7.11 Å². The van der Waals surface area contributed by atoms with Crippen LogP contribution in [0.4, 0.5) is 0 Å². The van der Waals surface area contributed by atoms with E-state index >= 15 is 0 Å². The molecule has 0 bridgehead atoms. The van der Waals surface area contributed by atoms with Crippen molar-refractivity contribution < 1.29 is 9.84 Å². The Hall–Kier alpha value is -1.32. The number of aliphatic hydroxyl groups excluding tert-OH is 1. The number of para-hydroxylation sites is 1. The number of ether oxygens (including phenoxy) is 1. The van der Waals surface area contributed by atoms with Crippen LogP contribution < -0.4 is 4.74 Å². The van der Waals surface area contributed by atoms with Crippen molar-refractivity contribution in [1.29, 1.82) is 0 Å². The fraction of sp³-hybridized carbons (Fsp3) is 0.412. The van der Waals surface area contributed by atoms with Crippen LogP contribution in [0, 0.1) is 0 Å². The lowest BCUT2D eigenvalue weighted by Crippen LogP contribution is -2.00. The second-order valence-electron chi connectivity index (χ2n) is 5.30. The van der Waals surface area contributed by atoms with Crippen molar-refractivity contribution >= 4 is 11.3 Å². The zero-order valence-corrected chi connectivity index (χ0v) is 12.6. The van der Waals surface area contributed by atoms with Crippen LogP contribution in [-0.2, 0) is 12.8 Å². The van der Waals surface area contributed by atoms with Crippen molar-refractivity contribution in [1.82, 2.24) is 0 Å². The number of aryl methyl sites for hydroxylation is 2. The molecule has 1 aromatic heterocycles. The maximum atomic E-state index is 10.7. The number of methoxy groups -OCH3 is 1. The molecule has 0 aliphatic heterocycles. The zero-order chi connectivity index (χ0) is 13.9. The van der Waals surface area contributed by atoms with E-state index in [0.29, 0.717) is 0 Å². The minimum absolute atomic E-state index is 0.580. The van der Waals surface area contributed by atoms with Gasteiger partial charge in [-0.1, -0.05) is 24.6 Å². The number of hydrogen-bond donors (Lipinski definition) is 1. The number of hydrogen-bond acceptors (Lipinski definition) is 3. The van der Waals surface area contributed by atoms with E-state index < -0.39 is 6.10 Å². The summed E-state index contributed by atoms with van der Waals surface area (Å²) in [7, 11) is 1.65. The van der Waals surface area contributed by atoms with Crippen LogP contribution >= 0.6 is 11.3 Å². The predicted molar refractivity (Wildman–Crippen MR) is 82.6 cm³/mol. The van der Waals surface area contributed by atoms with Crippen molar-refractivity contribution in [3.63, 3.8) is 0 Å². The Morgan fingerprint density at radius 1 is 1.15 bits per heavy atom. The van der Waals surface area contributed by atoms with Crippen molar-refractivity contribution in [3.05, 3.63) is 51.2 Å². The minimum Gasteiger partial charge on any atom is -0.496 e. The van der Waals surface area contributed by atoms with Gasteiger partial charge in [-0.25, -0.2) is 0 Å². The Bertz CT molecular complexity index is 565. The van der Waals surface area contributed by atoms with Crippen LogP contribution in [0.3, 0.4) is 0 Å². The molecule has 2 nitrogen and oxygen atoms in total. The maximum absolute atomic E-state index is 10.7. The van der Waals surface area contributed by atoms with Crippen molar-refractivity contribution in [2.45, 2.75) is 38.2 Å². The summed E-state index contributed by atoms with van der Waals surface area (Å²) in [5.41, 5.74) is 2.29. The molecule has 0 saturated carbocycles. The SMILES string of the molecule is COc1ccccc1C(O)c1cc2c(s1)CCCCC2. The van der Waals surface area contributed by atoms with E-state index in [2.05, 4.69) is 6.07 Å². The van der Waals surface area contributed by atoms with Gasteiger partial charge in [0.15, 0.2) is 0 Å². The van der Waals surface area contributed by atoms with Gasteiger partial charge in [0, 0.05) is 15.3 Å². The van der Waals surface area contributed by atoms with E-state index in [9.17, 15) is 5.11 Å². The molecule has 106 valence electrons. The van der Waals surface area contributed by atoms with Crippen molar-refractivity contribution in [2.75, 3.05) is 7.11 Å². The molecule has 1 aromatic carbocycles. The monoisotopic (exact) mass is 288 g/mol. The highest BCUT2D eigenvalue weighted by Gasteiger charge is 2.20. The van der Waals surface area contributed by atoms with Crippen LogP contribution in [-0.4, -0.2) is 12.2 Å². The summed E-state index contributed by atoms with van der Waals surface area (Å²) in [5.74, 6) is 0.753. The Labute approximate surface area is 124 Å². The molecule has 2 aromatic rings. The summed E-state index contributed by atoms with van der Waals surface area (Å²) in [6, 6.07) is 9.91. The second kappa shape index (κ2) is 5.98. The van der Waals surface area contributed by atoms with Gasteiger partial charge >= 0.3 is 0 Å². The summed E-state index contributed by atoms with van der Waals surface area (Å²) in [5, 5.41) is 10.7. The Kier molecular flexibility index (Phi) is 4.08. The summed E-state index contributed by atoms with van der Waals surface area (Å²) < 4.78 is 5.35. The smallest absolute Gasteiger partial charge is 0.125 e. The first-order chi connectivity index (χ1) is 9.79. The topological polar surface area (TPSA) is 29.5 Å². The average molecular weight is 288 g/mol. The van der Waals surface area contributed by atoms with Crippen LogP contribution in [0.15, 0.2) is 30.3 Å². The van der Waals surface area contributed by atoms with E-state index in [-0.39, 0.29) is 0 Å². The summed E-state index contributed by atoms with van der Waals surface area (Å²) in [4.78, 5) is 2.51. The lowest BCUT2D eigenvalue weighted by Gasteiger charge is -2.13. The molecule has 3 heteroatoms. The van der Waals surface area contributed by atoms with Gasteiger partial charge in [0.2, 0.25) is 0 Å². The van der Waals surface area contributed by atoms with E-state index in [1.54, 1.807) is 18.4 Å². The molecule has 0 amide bonds. The predicted octanol–water partition coefficient (Wildman–Crippen LogP) is 4.11. The summed E-state index contributed by atoms with van der Waals surface area (Å²) >= 11 is 1.77. The molecule has 0 radical (unpaired) electrons. The molecule has 1 aliphatic rings. The Morgan fingerprint density at radius 3 is 2.80 bits per heavy atom. The third kappa shape index (κ3) is 2.60. The third-order valence-corrected chi connectivity index (χ3v) is 5.26. The van der Waals surface area contributed by atoms with Gasteiger partial charge in [-0.3, -0.25) is 0 Å². The van der Waals surface area contributed by atoms with Crippen LogP contribution in [0.5, 0.6) is 5.75 Å². The summed E-state index contributed by atoms with van der Waals surface area (Å²) in [6.07, 6.45) is 5.61. The number of fused-ring (bicyclic) bond motifs is 1. The standard InChI is InChI=1S/C17H20O2S/c1-19-14-9-6-5-8-13(14)17(18)16-11-12-7-3-2-4-10-15(12)20-16/h5-6,8-9,11,17-18H,2-4,7,10H2,1H3. The van der Waals surface area contributed by atoms with Crippen LogP contribution in [0.25, 0.3) is 0 Å². The van der Waals surface area contributed by atoms with E-state index in [0.717, 1.165) is 22.6 Å². The van der Waals surface area contributed by atoms with Crippen molar-refractivity contribution in [3.8, 4) is 5.75 Å². The lowest BCUT2D eigenvalue weighted by atomic mass is 10.1. The normalized spacial score (nSPS) is 16.3. The average Bonchev–Trinajstić information content (AvgIpc) is 2.77. The van der Waals surface area contributed by atoms with Gasteiger partial charge in [-0.2, -0.15) is 0 Å². The number of benzene rings is 1. The Balaban J connectivity index is 1.92. The Morgan fingerprint density at radius 2 is 1.95 bits per heavy atom. The van der Waals surface area contributed by atoms with E-state index in [1.807, 2.05) is 24.3 Å². The first-order valence-electron chi connectivity index (χ1n) is 7.22. The van der Waals surface area contributed by atoms with Crippen molar-refractivity contribution in [2.24, 2.45) is 0 Å². The fourth-order valence-corrected chi connectivity index (χ4v) is 4.13. The van der Waals surface area contributed by atoms with Crippen LogP contribution in [0.1, 0.15) is 46.2 Å². The van der Waals surface area contributed by atoms with Gasteiger partial charge in [0.25, 0.3) is 0 Å². The molecule has 1 aliphatic carbocycles. The molecule has 1 N–H and O–H groups in total. The van der Waals surface area contributed by atoms with Crippen LogP contribution in [0.2, 0.25) is 0 Å². The molecule has 0 spiro atoms. The number of thiophene rings is 1. The van der Waals surface area contributed by atoms with E-state index in [4.69, 9.17) is 4.74 Å². The fourth-order valence-electron chi connectivity index (χ4n) is 2.87. The highest BCUT2D eigenvalue weighted by atomic mass is 32.1. The van der Waals surface area contributed by atoms with Gasteiger partial charge in [-0.15, -0.1) is 11.3 Å². The molecule has 20 heavy (non-hydrogen) atoms. The largest absolute Gasteiger partial charge is 0.496 e. The maximum Gasteiger partial charge on any atom is 0.125 e. The molecule has 3 rings (SSSR count). The molecule has 0 saturated heterocycles. The molecule has 1 heterocycles. The highest BCUT2D eigenvalue weighted by molar-refractivity contribution is 7.12. The zero-order valence-electron chi connectivity index (χ0n) is 11.8. The lowest BCUT2D eigenvalue weighted by molar-refractivity contribution is 0.218. The first-order valence-corrected chi connectivity index (χ1v) is 8.03. The van der Waals surface area contributed by atoms with E-state index in [1.165, 1.54) is 36.1 Å². The van der Waals surface area contributed by atoms with Gasteiger partial charge in [0.1, 0.15) is 11.9 Å². The quantitative estimate of drug-likeness (QED) is 0.861. The summed E-state index contributed by atoms with van der Waals surface area (Å²) in [6.45, 7) is 0. The third-order valence-electron chi connectivity index (χ3n) is 3.97. The first kappa shape index (κ1) is 13.7.